The van der Waals surface area contributed by atoms with Gasteiger partial charge in [0, 0.05) is 18.6 Å². The number of amides is 1. The van der Waals surface area contributed by atoms with E-state index >= 15 is 0 Å². The summed E-state index contributed by atoms with van der Waals surface area (Å²) in [6, 6.07) is 0.121. The van der Waals surface area contributed by atoms with Crippen LogP contribution in [-0.2, 0) is 9.53 Å². The first-order valence-corrected chi connectivity index (χ1v) is 6.79. The molecule has 86 valence electrons. The minimum atomic E-state index is 0.0370. The average molecular weight is 230 g/mol. The molecular weight excluding hydrogens is 212 g/mol. The zero-order valence-electron chi connectivity index (χ0n) is 8.94. The van der Waals surface area contributed by atoms with Crippen molar-refractivity contribution in [2.75, 3.05) is 18.6 Å². The summed E-state index contributed by atoms with van der Waals surface area (Å²) in [7, 11) is 0. The van der Waals surface area contributed by atoms with E-state index in [-0.39, 0.29) is 24.1 Å². The van der Waals surface area contributed by atoms with Crippen LogP contribution in [0.4, 0.5) is 0 Å². The van der Waals surface area contributed by atoms with Crippen LogP contribution in [0.1, 0.15) is 12.8 Å². The van der Waals surface area contributed by atoms with E-state index in [1.54, 1.807) is 0 Å². The predicted molar refractivity (Wildman–Crippen MR) is 60.8 cm³/mol. The molecule has 0 spiro atoms. The molecule has 4 atom stereocenters. The van der Waals surface area contributed by atoms with Crippen LogP contribution >= 0.6 is 11.8 Å². The Morgan fingerprint density at radius 3 is 3.20 bits per heavy atom. The minimum Gasteiger partial charge on any atom is -0.376 e. The van der Waals surface area contributed by atoms with Crippen molar-refractivity contribution in [3.05, 3.63) is 0 Å². The number of carbonyl (C=O) groups is 1. The number of nitrogens with two attached hydrogens (primary N) is 1. The molecule has 2 fully saturated rings. The van der Waals surface area contributed by atoms with E-state index in [1.165, 1.54) is 11.8 Å². The van der Waals surface area contributed by atoms with E-state index in [9.17, 15) is 4.79 Å². The first-order chi connectivity index (χ1) is 7.24. The Morgan fingerprint density at radius 1 is 1.67 bits per heavy atom. The molecule has 0 aromatic rings. The number of carbonyl (C=O) groups excluding carboxylic acids is 1. The maximum absolute atomic E-state index is 11.4. The Bertz CT molecular complexity index is 250. The molecule has 1 saturated carbocycles. The Labute approximate surface area is 94.3 Å². The Hall–Kier alpha value is -0.260. The third-order valence-electron chi connectivity index (χ3n) is 3.28. The highest BCUT2D eigenvalue weighted by Gasteiger charge is 2.50. The lowest BCUT2D eigenvalue weighted by atomic mass is 9.68. The summed E-state index contributed by atoms with van der Waals surface area (Å²) in [6.45, 7) is 0.808. The second kappa shape index (κ2) is 4.72. The van der Waals surface area contributed by atoms with Crippen molar-refractivity contribution in [2.24, 2.45) is 11.7 Å². The minimum absolute atomic E-state index is 0.0370. The smallest absolute Gasteiger partial charge is 0.230 e. The highest BCUT2D eigenvalue weighted by atomic mass is 32.2. The number of ether oxygens (including phenoxy) is 1. The quantitative estimate of drug-likeness (QED) is 0.714. The second-order valence-corrected chi connectivity index (χ2v) is 5.11. The zero-order chi connectivity index (χ0) is 10.8. The summed E-state index contributed by atoms with van der Waals surface area (Å²) in [5.41, 5.74) is 6.02. The molecule has 0 aromatic heterocycles. The van der Waals surface area contributed by atoms with Crippen molar-refractivity contribution in [1.82, 2.24) is 5.32 Å². The van der Waals surface area contributed by atoms with Gasteiger partial charge in [-0.15, -0.1) is 0 Å². The summed E-state index contributed by atoms with van der Waals surface area (Å²) >= 11 is 1.52. The molecule has 0 bridgehead atoms. The molecule has 4 unspecified atom stereocenters. The third kappa shape index (κ3) is 2.14. The van der Waals surface area contributed by atoms with Gasteiger partial charge in [-0.3, -0.25) is 4.79 Å². The van der Waals surface area contributed by atoms with Gasteiger partial charge in [0.05, 0.1) is 17.9 Å². The molecule has 1 aliphatic heterocycles. The SMILES string of the molecule is CSCC(=O)NC1C(N)C2CCCOC21. The molecule has 1 saturated heterocycles. The standard InChI is InChI=1S/C10H18N2O2S/c1-15-5-7(13)12-9-8(11)6-3-2-4-14-10(6)9/h6,8-10H,2-5,11H2,1H3,(H,12,13). The van der Waals surface area contributed by atoms with Gasteiger partial charge in [0.2, 0.25) is 5.91 Å². The fraction of sp³-hybridized carbons (Fsp3) is 0.900. The number of hydrogen-bond donors (Lipinski definition) is 2. The van der Waals surface area contributed by atoms with E-state index in [0.717, 1.165) is 19.4 Å². The first kappa shape index (κ1) is 11.2. The fourth-order valence-electron chi connectivity index (χ4n) is 2.48. The van der Waals surface area contributed by atoms with E-state index in [0.29, 0.717) is 11.7 Å². The van der Waals surface area contributed by atoms with Gasteiger partial charge < -0.3 is 15.8 Å². The Morgan fingerprint density at radius 2 is 2.47 bits per heavy atom. The normalized spacial score (nSPS) is 39.1. The van der Waals surface area contributed by atoms with E-state index < -0.39 is 0 Å². The molecule has 4 nitrogen and oxygen atoms in total. The van der Waals surface area contributed by atoms with Gasteiger partial charge in [-0.25, -0.2) is 0 Å². The van der Waals surface area contributed by atoms with Crippen molar-refractivity contribution in [1.29, 1.82) is 0 Å². The summed E-state index contributed by atoms with van der Waals surface area (Å²) in [5, 5.41) is 2.96. The van der Waals surface area contributed by atoms with Crippen LogP contribution in [0.3, 0.4) is 0 Å². The third-order valence-corrected chi connectivity index (χ3v) is 3.83. The van der Waals surface area contributed by atoms with Gasteiger partial charge >= 0.3 is 0 Å². The van der Waals surface area contributed by atoms with Crippen LogP contribution in [0.15, 0.2) is 0 Å². The molecule has 2 rings (SSSR count). The van der Waals surface area contributed by atoms with Crippen molar-refractivity contribution in [2.45, 2.75) is 31.0 Å². The lowest BCUT2D eigenvalue weighted by Gasteiger charge is -2.52. The summed E-state index contributed by atoms with van der Waals surface area (Å²) in [5.74, 6) is 1.02. The van der Waals surface area contributed by atoms with Gasteiger partial charge in [-0.2, -0.15) is 11.8 Å². The number of hydrogen-bond acceptors (Lipinski definition) is 4. The monoisotopic (exact) mass is 230 g/mol. The van der Waals surface area contributed by atoms with Crippen LogP contribution in [0, 0.1) is 5.92 Å². The molecule has 15 heavy (non-hydrogen) atoms. The van der Waals surface area contributed by atoms with E-state index in [1.807, 2.05) is 6.26 Å². The highest BCUT2D eigenvalue weighted by molar-refractivity contribution is 7.99. The van der Waals surface area contributed by atoms with Crippen LogP contribution in [0.2, 0.25) is 0 Å². The molecule has 3 N–H and O–H groups in total. The van der Waals surface area contributed by atoms with Crippen LogP contribution in [0.25, 0.3) is 0 Å². The summed E-state index contributed by atoms with van der Waals surface area (Å²) in [6.07, 6.45) is 4.32. The number of thioether (sulfide) groups is 1. The molecule has 0 aromatic carbocycles. The second-order valence-electron chi connectivity index (χ2n) is 4.25. The van der Waals surface area contributed by atoms with Crippen LogP contribution < -0.4 is 11.1 Å². The highest BCUT2D eigenvalue weighted by Crippen LogP contribution is 2.36. The Kier molecular flexibility index (Phi) is 3.53. The summed E-state index contributed by atoms with van der Waals surface area (Å²) < 4.78 is 5.64. The number of fused-ring (bicyclic) bond motifs is 1. The van der Waals surface area contributed by atoms with Crippen LogP contribution in [-0.4, -0.2) is 42.7 Å². The van der Waals surface area contributed by atoms with Crippen molar-refractivity contribution in [3.8, 4) is 0 Å². The summed E-state index contributed by atoms with van der Waals surface area (Å²) in [4.78, 5) is 11.4. The van der Waals surface area contributed by atoms with Crippen LogP contribution in [0.5, 0.6) is 0 Å². The van der Waals surface area contributed by atoms with E-state index in [2.05, 4.69) is 5.32 Å². The molecule has 2 aliphatic rings. The maximum Gasteiger partial charge on any atom is 0.230 e. The fourth-order valence-corrected chi connectivity index (χ4v) is 2.83. The Balaban J connectivity index is 1.85. The van der Waals surface area contributed by atoms with Crippen molar-refractivity contribution >= 4 is 17.7 Å². The van der Waals surface area contributed by atoms with Gasteiger partial charge in [0.15, 0.2) is 0 Å². The van der Waals surface area contributed by atoms with Gasteiger partial charge in [-0.1, -0.05) is 0 Å². The molecule has 1 heterocycles. The van der Waals surface area contributed by atoms with E-state index in [4.69, 9.17) is 10.5 Å². The zero-order valence-corrected chi connectivity index (χ0v) is 9.76. The van der Waals surface area contributed by atoms with Gasteiger partial charge in [-0.05, 0) is 19.1 Å². The molecular formula is C10H18N2O2S. The van der Waals surface area contributed by atoms with Gasteiger partial charge in [0.1, 0.15) is 0 Å². The molecule has 5 heteroatoms. The lowest BCUT2D eigenvalue weighted by Crippen LogP contribution is -2.72. The molecule has 1 amide bonds. The van der Waals surface area contributed by atoms with Gasteiger partial charge in [0.25, 0.3) is 0 Å². The maximum atomic E-state index is 11.4. The molecule has 1 aliphatic carbocycles. The lowest BCUT2D eigenvalue weighted by molar-refractivity contribution is -0.137. The van der Waals surface area contributed by atoms with Crippen molar-refractivity contribution in [3.63, 3.8) is 0 Å². The number of rotatable bonds is 3. The van der Waals surface area contributed by atoms with Crippen molar-refractivity contribution < 1.29 is 9.53 Å². The predicted octanol–water partition coefficient (Wildman–Crippen LogP) is -0.0297. The first-order valence-electron chi connectivity index (χ1n) is 5.39. The number of nitrogens with one attached hydrogen (secondary N) is 1. The molecule has 0 radical (unpaired) electrons. The largest absolute Gasteiger partial charge is 0.376 e. The average Bonchev–Trinajstić information content (AvgIpc) is 2.26. The topological polar surface area (TPSA) is 64.4 Å².